The summed E-state index contributed by atoms with van der Waals surface area (Å²) in [7, 11) is 0. The van der Waals surface area contributed by atoms with Gasteiger partial charge in [0.1, 0.15) is 6.61 Å². The van der Waals surface area contributed by atoms with Gasteiger partial charge in [0.05, 0.1) is 12.6 Å². The van der Waals surface area contributed by atoms with Crippen molar-refractivity contribution in [2.75, 3.05) is 6.61 Å². The van der Waals surface area contributed by atoms with Gasteiger partial charge in [-0.1, -0.05) is 67.1 Å². The maximum atomic E-state index is 12.0. The van der Waals surface area contributed by atoms with E-state index in [2.05, 4.69) is 43.4 Å². The van der Waals surface area contributed by atoms with Crippen LogP contribution < -0.4 is 5.32 Å². The Kier molecular flexibility index (Phi) is 6.16. The quantitative estimate of drug-likeness (QED) is 0.844. The van der Waals surface area contributed by atoms with E-state index in [-0.39, 0.29) is 18.6 Å². The second-order valence-electron chi connectivity index (χ2n) is 5.42. The summed E-state index contributed by atoms with van der Waals surface area (Å²) >= 11 is 0. The maximum Gasteiger partial charge on any atom is 0.246 e. The van der Waals surface area contributed by atoms with Crippen molar-refractivity contribution in [3.05, 3.63) is 71.3 Å². The topological polar surface area (TPSA) is 38.3 Å². The van der Waals surface area contributed by atoms with Crippen LogP contribution in [0.25, 0.3) is 0 Å². The summed E-state index contributed by atoms with van der Waals surface area (Å²) < 4.78 is 5.47. The van der Waals surface area contributed by atoms with E-state index in [1.165, 1.54) is 5.56 Å². The van der Waals surface area contributed by atoms with Gasteiger partial charge in [0.25, 0.3) is 0 Å². The summed E-state index contributed by atoms with van der Waals surface area (Å²) in [6, 6.07) is 18.2. The summed E-state index contributed by atoms with van der Waals surface area (Å²) in [6.07, 6.45) is 0.855. The molecule has 0 bridgehead atoms. The van der Waals surface area contributed by atoms with Crippen LogP contribution in [-0.2, 0) is 16.1 Å². The van der Waals surface area contributed by atoms with Gasteiger partial charge in [-0.15, -0.1) is 0 Å². The summed E-state index contributed by atoms with van der Waals surface area (Å²) in [5, 5.41) is 3.02. The van der Waals surface area contributed by atoms with Gasteiger partial charge < -0.3 is 10.1 Å². The normalized spacial score (nSPS) is 11.9. The molecule has 0 saturated carbocycles. The van der Waals surface area contributed by atoms with E-state index in [9.17, 15) is 4.79 Å². The molecule has 0 aromatic heterocycles. The van der Waals surface area contributed by atoms with Crippen LogP contribution in [0.2, 0.25) is 0 Å². The van der Waals surface area contributed by atoms with Crippen LogP contribution in [0.5, 0.6) is 0 Å². The largest absolute Gasteiger partial charge is 0.367 e. The van der Waals surface area contributed by atoms with Crippen molar-refractivity contribution in [1.29, 1.82) is 0 Å². The second kappa shape index (κ2) is 8.35. The predicted octanol–water partition coefficient (Wildman–Crippen LogP) is 3.78. The summed E-state index contributed by atoms with van der Waals surface area (Å²) in [5.41, 5.74) is 3.42. The predicted molar refractivity (Wildman–Crippen MR) is 88.5 cm³/mol. The Morgan fingerprint density at radius 1 is 1.09 bits per heavy atom. The lowest BCUT2D eigenvalue weighted by molar-refractivity contribution is -0.126. The van der Waals surface area contributed by atoms with Crippen LogP contribution in [0.4, 0.5) is 0 Å². The zero-order valence-corrected chi connectivity index (χ0v) is 13.2. The number of nitrogens with one attached hydrogen (secondary N) is 1. The average molecular weight is 297 g/mol. The standard InChI is InChI=1S/C19H23NO2/c1-3-18(17-11-9-15(2)10-12-17)20-19(21)14-22-13-16-7-5-4-6-8-16/h4-12,18H,3,13-14H2,1-2H3,(H,20,21). The first-order valence-electron chi connectivity index (χ1n) is 7.66. The molecule has 1 atom stereocenters. The summed E-state index contributed by atoms with van der Waals surface area (Å²) in [6.45, 7) is 4.66. The second-order valence-corrected chi connectivity index (χ2v) is 5.42. The van der Waals surface area contributed by atoms with Crippen LogP contribution in [0.15, 0.2) is 54.6 Å². The molecule has 1 unspecified atom stereocenters. The zero-order valence-electron chi connectivity index (χ0n) is 13.2. The van der Waals surface area contributed by atoms with Gasteiger partial charge in [0.2, 0.25) is 5.91 Å². The molecule has 2 aromatic carbocycles. The number of amides is 1. The molecule has 0 radical (unpaired) electrons. The minimum absolute atomic E-state index is 0.0356. The van der Waals surface area contributed by atoms with Gasteiger partial charge in [-0.3, -0.25) is 4.79 Å². The van der Waals surface area contributed by atoms with Crippen LogP contribution in [0, 0.1) is 6.92 Å². The average Bonchev–Trinajstić information content (AvgIpc) is 2.54. The van der Waals surface area contributed by atoms with Crippen molar-refractivity contribution < 1.29 is 9.53 Å². The lowest BCUT2D eigenvalue weighted by Gasteiger charge is -2.17. The van der Waals surface area contributed by atoms with Gasteiger partial charge in [-0.2, -0.15) is 0 Å². The lowest BCUT2D eigenvalue weighted by Crippen LogP contribution is -2.31. The molecule has 3 nitrogen and oxygen atoms in total. The Morgan fingerprint density at radius 2 is 1.77 bits per heavy atom. The Morgan fingerprint density at radius 3 is 2.41 bits per heavy atom. The minimum Gasteiger partial charge on any atom is -0.367 e. The van der Waals surface area contributed by atoms with Crippen LogP contribution in [-0.4, -0.2) is 12.5 Å². The van der Waals surface area contributed by atoms with E-state index in [4.69, 9.17) is 4.74 Å². The van der Waals surface area contributed by atoms with Crippen LogP contribution in [0.1, 0.15) is 36.1 Å². The molecule has 0 aliphatic rings. The number of carbonyl (C=O) groups is 1. The summed E-state index contributed by atoms with van der Waals surface area (Å²) in [5.74, 6) is -0.0802. The summed E-state index contributed by atoms with van der Waals surface area (Å²) in [4.78, 5) is 12.0. The number of aryl methyl sites for hydroxylation is 1. The SMILES string of the molecule is CCC(NC(=O)COCc1ccccc1)c1ccc(C)cc1. The smallest absolute Gasteiger partial charge is 0.246 e. The molecule has 0 spiro atoms. The van der Waals surface area contributed by atoms with Gasteiger partial charge in [-0.05, 0) is 24.5 Å². The van der Waals surface area contributed by atoms with Crippen molar-refractivity contribution in [2.24, 2.45) is 0 Å². The third kappa shape index (κ3) is 5.01. The Hall–Kier alpha value is -2.13. The highest BCUT2D eigenvalue weighted by Crippen LogP contribution is 2.17. The molecule has 0 aliphatic heterocycles. The van der Waals surface area contributed by atoms with Crippen molar-refractivity contribution >= 4 is 5.91 Å². The Labute approximate surface area is 132 Å². The Balaban J connectivity index is 1.81. The fourth-order valence-electron chi connectivity index (χ4n) is 2.29. The van der Waals surface area contributed by atoms with Crippen molar-refractivity contribution in [3.63, 3.8) is 0 Å². The molecular formula is C19H23NO2. The number of ether oxygens (including phenoxy) is 1. The molecular weight excluding hydrogens is 274 g/mol. The van der Waals surface area contributed by atoms with E-state index < -0.39 is 0 Å². The molecule has 0 aliphatic carbocycles. The van der Waals surface area contributed by atoms with E-state index in [0.29, 0.717) is 6.61 Å². The molecule has 22 heavy (non-hydrogen) atoms. The molecule has 0 heterocycles. The third-order valence-electron chi connectivity index (χ3n) is 3.57. The third-order valence-corrected chi connectivity index (χ3v) is 3.57. The highest BCUT2D eigenvalue weighted by atomic mass is 16.5. The monoisotopic (exact) mass is 297 g/mol. The first kappa shape index (κ1) is 16.2. The van der Waals surface area contributed by atoms with Gasteiger partial charge in [0.15, 0.2) is 0 Å². The Bertz CT molecular complexity index is 578. The molecule has 2 rings (SSSR count). The molecule has 3 heteroatoms. The van der Waals surface area contributed by atoms with Crippen LogP contribution >= 0.6 is 0 Å². The minimum atomic E-state index is -0.0802. The number of rotatable bonds is 7. The number of carbonyl (C=O) groups excluding carboxylic acids is 1. The van der Waals surface area contributed by atoms with Crippen molar-refractivity contribution in [2.45, 2.75) is 32.9 Å². The molecule has 2 aromatic rings. The number of hydrogen-bond acceptors (Lipinski definition) is 2. The van der Waals surface area contributed by atoms with E-state index in [1.807, 2.05) is 30.3 Å². The first-order chi connectivity index (χ1) is 10.7. The fourth-order valence-corrected chi connectivity index (χ4v) is 2.29. The van der Waals surface area contributed by atoms with Crippen molar-refractivity contribution in [1.82, 2.24) is 5.32 Å². The molecule has 1 amide bonds. The molecule has 116 valence electrons. The number of benzene rings is 2. The fraction of sp³-hybridized carbons (Fsp3) is 0.316. The molecule has 0 saturated heterocycles. The maximum absolute atomic E-state index is 12.0. The zero-order chi connectivity index (χ0) is 15.8. The van der Waals surface area contributed by atoms with Gasteiger partial charge in [-0.25, -0.2) is 0 Å². The first-order valence-corrected chi connectivity index (χ1v) is 7.66. The lowest BCUT2D eigenvalue weighted by atomic mass is 10.0. The van der Waals surface area contributed by atoms with Gasteiger partial charge in [0, 0.05) is 0 Å². The van der Waals surface area contributed by atoms with Crippen LogP contribution in [0.3, 0.4) is 0 Å². The highest BCUT2D eigenvalue weighted by Gasteiger charge is 2.12. The van der Waals surface area contributed by atoms with Gasteiger partial charge >= 0.3 is 0 Å². The van der Waals surface area contributed by atoms with E-state index in [0.717, 1.165) is 17.5 Å². The number of hydrogen-bond donors (Lipinski definition) is 1. The van der Waals surface area contributed by atoms with E-state index in [1.54, 1.807) is 0 Å². The van der Waals surface area contributed by atoms with E-state index >= 15 is 0 Å². The van der Waals surface area contributed by atoms with Crippen molar-refractivity contribution in [3.8, 4) is 0 Å². The highest BCUT2D eigenvalue weighted by molar-refractivity contribution is 5.77. The molecule has 1 N–H and O–H groups in total. The molecule has 0 fully saturated rings.